The lowest BCUT2D eigenvalue weighted by Gasteiger charge is -2.31. The van der Waals surface area contributed by atoms with Gasteiger partial charge in [-0.25, -0.2) is 14.6 Å². The molecule has 0 radical (unpaired) electrons. The fourth-order valence-corrected chi connectivity index (χ4v) is 5.47. The number of para-hydroxylation sites is 1. The van der Waals surface area contributed by atoms with Gasteiger partial charge in [-0.15, -0.1) is 22.7 Å². The van der Waals surface area contributed by atoms with Gasteiger partial charge in [0, 0.05) is 36.0 Å². The predicted molar refractivity (Wildman–Crippen MR) is 128 cm³/mol. The Kier molecular flexibility index (Phi) is 6.01. The van der Waals surface area contributed by atoms with E-state index in [1.807, 2.05) is 47.5 Å². The van der Waals surface area contributed by atoms with E-state index >= 15 is 0 Å². The molecule has 1 aliphatic heterocycles. The van der Waals surface area contributed by atoms with Gasteiger partial charge in [-0.05, 0) is 31.9 Å². The number of rotatable bonds is 5. The SMILES string of the molecule is Cc1c(C(=O)N2CCC(c3nc(C(=O)Nc4nccs4)cs3)CC2)cnn1-c1ccccc1. The smallest absolute Gasteiger partial charge is 0.276 e. The summed E-state index contributed by atoms with van der Waals surface area (Å²) in [5, 5.41) is 12.3. The molecule has 1 fully saturated rings. The van der Waals surface area contributed by atoms with E-state index in [1.54, 1.807) is 22.5 Å². The first kappa shape index (κ1) is 21.5. The first-order valence-electron chi connectivity index (χ1n) is 10.7. The van der Waals surface area contributed by atoms with E-state index < -0.39 is 0 Å². The number of nitrogens with zero attached hydrogens (tertiary/aromatic N) is 5. The fourth-order valence-electron chi connectivity index (χ4n) is 3.97. The molecule has 0 saturated carbocycles. The largest absolute Gasteiger partial charge is 0.338 e. The number of thiazole rings is 2. The zero-order valence-electron chi connectivity index (χ0n) is 18.0. The lowest BCUT2D eigenvalue weighted by molar-refractivity contribution is 0.0712. The summed E-state index contributed by atoms with van der Waals surface area (Å²) < 4.78 is 1.80. The van der Waals surface area contributed by atoms with Gasteiger partial charge in [-0.3, -0.25) is 14.9 Å². The van der Waals surface area contributed by atoms with Crippen LogP contribution in [0.4, 0.5) is 5.13 Å². The Morgan fingerprint density at radius 1 is 1.12 bits per heavy atom. The molecule has 0 unspecified atom stereocenters. The molecule has 3 aromatic heterocycles. The first-order valence-corrected chi connectivity index (χ1v) is 12.4. The molecule has 4 aromatic rings. The van der Waals surface area contributed by atoms with E-state index in [-0.39, 0.29) is 17.7 Å². The van der Waals surface area contributed by atoms with Crippen molar-refractivity contribution in [2.75, 3.05) is 18.4 Å². The molecule has 0 spiro atoms. The number of carbonyl (C=O) groups excluding carboxylic acids is 2. The van der Waals surface area contributed by atoms with Crippen LogP contribution in [-0.2, 0) is 0 Å². The summed E-state index contributed by atoms with van der Waals surface area (Å²) in [6, 6.07) is 9.81. The molecule has 1 aliphatic rings. The number of carbonyl (C=O) groups is 2. The molecule has 1 saturated heterocycles. The first-order chi connectivity index (χ1) is 16.1. The van der Waals surface area contributed by atoms with Gasteiger partial charge in [0.15, 0.2) is 5.13 Å². The highest BCUT2D eigenvalue weighted by Gasteiger charge is 2.28. The maximum Gasteiger partial charge on any atom is 0.276 e. The molecule has 5 rings (SSSR count). The van der Waals surface area contributed by atoms with Gasteiger partial charge in [0.25, 0.3) is 11.8 Å². The Hall–Kier alpha value is -3.37. The van der Waals surface area contributed by atoms with Crippen LogP contribution in [0.25, 0.3) is 5.69 Å². The van der Waals surface area contributed by atoms with Gasteiger partial charge in [0.2, 0.25) is 0 Å². The number of piperidine rings is 1. The van der Waals surface area contributed by atoms with Crippen molar-refractivity contribution in [2.24, 2.45) is 0 Å². The van der Waals surface area contributed by atoms with Gasteiger partial charge in [-0.2, -0.15) is 5.10 Å². The Bertz CT molecular complexity index is 1260. The van der Waals surface area contributed by atoms with Crippen molar-refractivity contribution >= 4 is 39.6 Å². The van der Waals surface area contributed by atoms with E-state index in [0.29, 0.717) is 29.5 Å². The van der Waals surface area contributed by atoms with Crippen molar-refractivity contribution in [3.63, 3.8) is 0 Å². The third kappa shape index (κ3) is 4.44. The maximum absolute atomic E-state index is 13.2. The Labute approximate surface area is 198 Å². The van der Waals surface area contributed by atoms with Gasteiger partial charge in [-0.1, -0.05) is 18.2 Å². The minimum absolute atomic E-state index is 0.00999. The van der Waals surface area contributed by atoms with Gasteiger partial charge >= 0.3 is 0 Å². The Morgan fingerprint density at radius 2 is 1.91 bits per heavy atom. The van der Waals surface area contributed by atoms with Gasteiger partial charge < -0.3 is 4.90 Å². The Balaban J connectivity index is 1.21. The Morgan fingerprint density at radius 3 is 2.64 bits per heavy atom. The van der Waals surface area contributed by atoms with Crippen LogP contribution in [0.1, 0.15) is 50.3 Å². The second-order valence-electron chi connectivity index (χ2n) is 7.82. The summed E-state index contributed by atoms with van der Waals surface area (Å²) in [6.07, 6.45) is 4.94. The lowest BCUT2D eigenvalue weighted by atomic mass is 9.97. The normalized spacial score (nSPS) is 14.4. The highest BCUT2D eigenvalue weighted by atomic mass is 32.1. The second kappa shape index (κ2) is 9.24. The van der Waals surface area contributed by atoms with E-state index in [0.717, 1.165) is 29.2 Å². The average molecular weight is 479 g/mol. The fraction of sp³-hybridized carbons (Fsp3) is 0.261. The molecule has 1 aromatic carbocycles. The molecule has 0 bridgehead atoms. The van der Waals surface area contributed by atoms with Crippen molar-refractivity contribution in [1.82, 2.24) is 24.6 Å². The van der Waals surface area contributed by atoms with Crippen LogP contribution in [0.2, 0.25) is 0 Å². The van der Waals surface area contributed by atoms with Crippen LogP contribution in [0.5, 0.6) is 0 Å². The molecule has 0 aliphatic carbocycles. The van der Waals surface area contributed by atoms with Crippen molar-refractivity contribution in [3.05, 3.63) is 75.4 Å². The molecular weight excluding hydrogens is 456 g/mol. The average Bonchev–Trinajstić information content (AvgIpc) is 3.61. The van der Waals surface area contributed by atoms with Crippen LogP contribution < -0.4 is 5.32 Å². The summed E-state index contributed by atoms with van der Waals surface area (Å²) in [7, 11) is 0. The quantitative estimate of drug-likeness (QED) is 0.460. The summed E-state index contributed by atoms with van der Waals surface area (Å²) in [6.45, 7) is 3.23. The number of amides is 2. The zero-order valence-corrected chi connectivity index (χ0v) is 19.6. The number of aromatic nitrogens is 4. The van der Waals surface area contributed by atoms with Crippen molar-refractivity contribution < 1.29 is 9.59 Å². The topological polar surface area (TPSA) is 93.0 Å². The second-order valence-corrected chi connectivity index (χ2v) is 9.60. The van der Waals surface area contributed by atoms with Crippen molar-refractivity contribution in [2.45, 2.75) is 25.7 Å². The molecule has 10 heteroatoms. The number of anilines is 1. The number of benzene rings is 1. The number of nitrogens with one attached hydrogen (secondary N) is 1. The van der Waals surface area contributed by atoms with Crippen LogP contribution in [0, 0.1) is 6.92 Å². The van der Waals surface area contributed by atoms with Gasteiger partial charge in [0.05, 0.1) is 28.1 Å². The third-order valence-electron chi connectivity index (χ3n) is 5.78. The maximum atomic E-state index is 13.2. The molecule has 8 nitrogen and oxygen atoms in total. The molecule has 33 heavy (non-hydrogen) atoms. The van der Waals surface area contributed by atoms with Crippen LogP contribution in [-0.4, -0.2) is 49.6 Å². The third-order valence-corrected chi connectivity index (χ3v) is 7.48. The lowest BCUT2D eigenvalue weighted by Crippen LogP contribution is -2.38. The van der Waals surface area contributed by atoms with Crippen LogP contribution in [0.15, 0.2) is 53.5 Å². The minimum Gasteiger partial charge on any atom is -0.338 e. The number of hydrogen-bond donors (Lipinski definition) is 1. The summed E-state index contributed by atoms with van der Waals surface area (Å²) in [5.41, 5.74) is 2.82. The minimum atomic E-state index is -0.244. The summed E-state index contributed by atoms with van der Waals surface area (Å²) in [4.78, 5) is 36.1. The molecular formula is C23H22N6O2S2. The number of likely N-dealkylation sites (tertiary alicyclic amines) is 1. The van der Waals surface area contributed by atoms with E-state index in [1.165, 1.54) is 22.7 Å². The van der Waals surface area contributed by atoms with Crippen molar-refractivity contribution in [3.8, 4) is 5.69 Å². The van der Waals surface area contributed by atoms with Crippen LogP contribution in [0.3, 0.4) is 0 Å². The molecule has 0 atom stereocenters. The molecule has 1 N–H and O–H groups in total. The standard InChI is InChI=1S/C23H22N6O2S2/c1-15-18(13-25-29(15)17-5-3-2-4-6-17)22(31)28-10-7-16(8-11-28)21-26-19(14-33-21)20(30)27-23-24-9-12-32-23/h2-6,9,12-14,16H,7-8,10-11H2,1H3,(H,24,27,30). The predicted octanol–water partition coefficient (Wildman–Crippen LogP) is 4.37. The monoisotopic (exact) mass is 478 g/mol. The van der Waals surface area contributed by atoms with Gasteiger partial charge in [0.1, 0.15) is 5.69 Å². The zero-order chi connectivity index (χ0) is 22.8. The van der Waals surface area contributed by atoms with E-state index in [2.05, 4.69) is 20.4 Å². The molecule has 168 valence electrons. The highest BCUT2D eigenvalue weighted by Crippen LogP contribution is 2.31. The highest BCUT2D eigenvalue weighted by molar-refractivity contribution is 7.13. The van der Waals surface area contributed by atoms with Crippen molar-refractivity contribution in [1.29, 1.82) is 0 Å². The van der Waals surface area contributed by atoms with E-state index in [4.69, 9.17) is 0 Å². The summed E-state index contributed by atoms with van der Waals surface area (Å²) in [5.74, 6) is 0.00959. The molecule has 4 heterocycles. The molecule has 2 amide bonds. The number of hydrogen-bond acceptors (Lipinski definition) is 7. The van der Waals surface area contributed by atoms with Crippen LogP contribution >= 0.6 is 22.7 Å². The summed E-state index contributed by atoms with van der Waals surface area (Å²) >= 11 is 2.87. The van der Waals surface area contributed by atoms with E-state index in [9.17, 15) is 9.59 Å².